The molecule has 0 aliphatic heterocycles. The number of nitrogens with one attached hydrogen (secondary N) is 2. The second-order valence-electron chi connectivity index (χ2n) is 3.88. The number of aromatic nitrogens is 2. The van der Waals surface area contributed by atoms with Crippen LogP contribution in [-0.2, 0) is 11.2 Å². The molecule has 18 heavy (non-hydrogen) atoms. The fourth-order valence-corrected chi connectivity index (χ4v) is 1.59. The van der Waals surface area contributed by atoms with Crippen molar-refractivity contribution in [2.45, 2.75) is 12.5 Å². The van der Waals surface area contributed by atoms with Gasteiger partial charge < -0.3 is 15.5 Å². The number of aromatic amines is 1. The summed E-state index contributed by atoms with van der Waals surface area (Å²) < 4.78 is 0. The monoisotopic (exact) mass is 247 g/mol. The quantitative estimate of drug-likeness (QED) is 0.637. The van der Waals surface area contributed by atoms with Gasteiger partial charge in [-0.05, 0) is 23.8 Å². The Morgan fingerprint density at radius 2 is 2.06 bits per heavy atom. The van der Waals surface area contributed by atoms with Crippen LogP contribution in [-0.4, -0.2) is 32.4 Å². The number of carboxylic acid groups (broad SMARTS) is 1. The van der Waals surface area contributed by atoms with E-state index in [9.17, 15) is 4.79 Å². The van der Waals surface area contributed by atoms with Gasteiger partial charge in [0.1, 0.15) is 17.6 Å². The van der Waals surface area contributed by atoms with Gasteiger partial charge in [0.15, 0.2) is 0 Å². The molecule has 0 saturated carbocycles. The smallest absolute Gasteiger partial charge is 0.326 e. The van der Waals surface area contributed by atoms with Crippen molar-refractivity contribution in [1.82, 2.24) is 10.2 Å². The Morgan fingerprint density at radius 1 is 1.33 bits per heavy atom. The number of phenols is 1. The second kappa shape index (κ2) is 5.22. The minimum Gasteiger partial charge on any atom is -0.508 e. The highest BCUT2D eigenvalue weighted by molar-refractivity contribution is 5.77. The highest BCUT2D eigenvalue weighted by Crippen LogP contribution is 2.13. The van der Waals surface area contributed by atoms with Crippen LogP contribution >= 0.6 is 0 Å². The molecule has 1 heterocycles. The summed E-state index contributed by atoms with van der Waals surface area (Å²) in [6.07, 6.45) is 1.86. The van der Waals surface area contributed by atoms with Crippen molar-refractivity contribution in [2.75, 3.05) is 5.32 Å². The molecule has 0 aliphatic rings. The number of hydrogen-bond acceptors (Lipinski definition) is 4. The molecule has 0 bridgehead atoms. The summed E-state index contributed by atoms with van der Waals surface area (Å²) in [5, 5.41) is 27.5. The first kappa shape index (κ1) is 12.0. The fourth-order valence-electron chi connectivity index (χ4n) is 1.59. The van der Waals surface area contributed by atoms with Crippen LogP contribution in [0.5, 0.6) is 5.75 Å². The number of rotatable bonds is 5. The number of H-pyrrole nitrogens is 1. The zero-order valence-electron chi connectivity index (χ0n) is 9.50. The molecule has 1 aromatic heterocycles. The highest BCUT2D eigenvalue weighted by Gasteiger charge is 2.18. The maximum Gasteiger partial charge on any atom is 0.326 e. The molecule has 0 unspecified atom stereocenters. The fraction of sp³-hybridized carbons (Fsp3) is 0.167. The number of carboxylic acids is 1. The number of phenolic OH excluding ortho intramolecular Hbond substituents is 1. The number of nitrogens with zero attached hydrogens (tertiary/aromatic N) is 1. The Labute approximate surface area is 103 Å². The van der Waals surface area contributed by atoms with Crippen molar-refractivity contribution < 1.29 is 15.0 Å². The van der Waals surface area contributed by atoms with E-state index < -0.39 is 12.0 Å². The molecule has 0 radical (unpaired) electrons. The first-order valence-corrected chi connectivity index (χ1v) is 5.42. The largest absolute Gasteiger partial charge is 0.508 e. The Hall–Kier alpha value is -2.50. The number of hydrogen-bond donors (Lipinski definition) is 4. The van der Waals surface area contributed by atoms with Gasteiger partial charge in [0.2, 0.25) is 0 Å². The third-order valence-corrected chi connectivity index (χ3v) is 2.50. The van der Waals surface area contributed by atoms with Gasteiger partial charge in [0, 0.05) is 6.42 Å². The van der Waals surface area contributed by atoms with E-state index >= 15 is 0 Å². The van der Waals surface area contributed by atoms with Crippen LogP contribution in [0, 0.1) is 0 Å². The second-order valence-corrected chi connectivity index (χ2v) is 3.88. The van der Waals surface area contributed by atoms with Gasteiger partial charge >= 0.3 is 5.97 Å². The van der Waals surface area contributed by atoms with E-state index in [0.29, 0.717) is 12.2 Å². The van der Waals surface area contributed by atoms with E-state index in [1.165, 1.54) is 12.1 Å². The Kier molecular flexibility index (Phi) is 3.47. The number of aliphatic carboxylic acids is 1. The van der Waals surface area contributed by atoms with Crippen LogP contribution in [0.1, 0.15) is 5.56 Å². The van der Waals surface area contributed by atoms with Crippen LogP contribution in [0.25, 0.3) is 0 Å². The van der Waals surface area contributed by atoms with Crippen LogP contribution in [0.3, 0.4) is 0 Å². The van der Waals surface area contributed by atoms with Crippen molar-refractivity contribution in [3.63, 3.8) is 0 Å². The summed E-state index contributed by atoms with van der Waals surface area (Å²) in [4.78, 5) is 11.2. The predicted octanol–water partition coefficient (Wildman–Crippen LogP) is 1.22. The lowest BCUT2D eigenvalue weighted by Crippen LogP contribution is -2.31. The van der Waals surface area contributed by atoms with E-state index in [0.717, 1.165) is 5.56 Å². The van der Waals surface area contributed by atoms with Gasteiger partial charge in [0.25, 0.3) is 0 Å². The number of anilines is 1. The predicted molar refractivity (Wildman–Crippen MR) is 65.4 cm³/mol. The molecule has 1 aromatic carbocycles. The molecule has 0 spiro atoms. The van der Waals surface area contributed by atoms with E-state index in [1.807, 2.05) is 0 Å². The van der Waals surface area contributed by atoms with Crippen molar-refractivity contribution in [3.8, 4) is 5.75 Å². The third-order valence-electron chi connectivity index (χ3n) is 2.50. The van der Waals surface area contributed by atoms with E-state index in [1.54, 1.807) is 24.4 Å². The van der Waals surface area contributed by atoms with Crippen molar-refractivity contribution >= 4 is 11.8 Å². The summed E-state index contributed by atoms with van der Waals surface area (Å²) in [6.45, 7) is 0. The minimum absolute atomic E-state index is 0.159. The van der Waals surface area contributed by atoms with Gasteiger partial charge in [-0.2, -0.15) is 5.10 Å². The summed E-state index contributed by atoms with van der Waals surface area (Å²) in [6, 6.07) is 7.36. The molecule has 94 valence electrons. The lowest BCUT2D eigenvalue weighted by Gasteiger charge is -2.14. The van der Waals surface area contributed by atoms with Gasteiger partial charge in [-0.15, -0.1) is 0 Å². The number of aromatic hydroxyl groups is 1. The lowest BCUT2D eigenvalue weighted by atomic mass is 10.1. The average Bonchev–Trinajstić information content (AvgIpc) is 2.84. The third kappa shape index (κ3) is 3.00. The maximum atomic E-state index is 11.2. The highest BCUT2D eigenvalue weighted by atomic mass is 16.4. The lowest BCUT2D eigenvalue weighted by molar-refractivity contribution is -0.137. The van der Waals surface area contributed by atoms with E-state index in [-0.39, 0.29) is 5.75 Å². The summed E-state index contributed by atoms with van der Waals surface area (Å²) >= 11 is 0. The molecular formula is C12H13N3O3. The summed E-state index contributed by atoms with van der Waals surface area (Å²) in [5.41, 5.74) is 0.826. The average molecular weight is 247 g/mol. The minimum atomic E-state index is -0.947. The first-order chi connectivity index (χ1) is 8.65. The Bertz CT molecular complexity index is 508. The number of carbonyl (C=O) groups is 1. The van der Waals surface area contributed by atoms with Gasteiger partial charge in [0.05, 0.1) is 6.20 Å². The molecule has 0 fully saturated rings. The van der Waals surface area contributed by atoms with Gasteiger partial charge in [-0.1, -0.05) is 12.1 Å². The van der Waals surface area contributed by atoms with E-state index in [4.69, 9.17) is 10.2 Å². The maximum absolute atomic E-state index is 11.2. The summed E-state index contributed by atoms with van der Waals surface area (Å²) in [5.74, 6) is -0.231. The van der Waals surface area contributed by atoms with Crippen molar-refractivity contribution in [2.24, 2.45) is 0 Å². The summed E-state index contributed by atoms with van der Waals surface area (Å²) in [7, 11) is 0. The standard InChI is InChI=1S/C12H13N3O3/c16-9-3-1-8(2-4-9)7-10(12(17)18)14-11-5-6-13-15-11/h1-6,10,16H,7H2,(H,17,18)(H2,13,14,15)/t10-/m0/s1. The van der Waals surface area contributed by atoms with Crippen LogP contribution in [0.2, 0.25) is 0 Å². The molecule has 0 aliphatic carbocycles. The molecular weight excluding hydrogens is 234 g/mol. The Morgan fingerprint density at radius 3 is 2.61 bits per heavy atom. The zero-order valence-corrected chi connectivity index (χ0v) is 9.50. The molecule has 6 nitrogen and oxygen atoms in total. The van der Waals surface area contributed by atoms with Gasteiger partial charge in [-0.25, -0.2) is 4.79 Å². The molecule has 4 N–H and O–H groups in total. The van der Waals surface area contributed by atoms with Gasteiger partial charge in [-0.3, -0.25) is 5.10 Å². The molecule has 2 aromatic rings. The number of benzene rings is 1. The molecule has 0 amide bonds. The first-order valence-electron chi connectivity index (χ1n) is 5.42. The SMILES string of the molecule is O=C(O)[C@H](Cc1ccc(O)cc1)Nc1ccn[nH]1. The molecule has 6 heteroatoms. The van der Waals surface area contributed by atoms with Crippen molar-refractivity contribution in [3.05, 3.63) is 42.1 Å². The molecule has 2 rings (SSSR count). The van der Waals surface area contributed by atoms with E-state index in [2.05, 4.69) is 15.5 Å². The normalized spacial score (nSPS) is 12.0. The van der Waals surface area contributed by atoms with Crippen LogP contribution in [0.15, 0.2) is 36.5 Å². The van der Waals surface area contributed by atoms with Crippen LogP contribution in [0.4, 0.5) is 5.82 Å². The van der Waals surface area contributed by atoms with Crippen molar-refractivity contribution in [1.29, 1.82) is 0 Å². The Balaban J connectivity index is 2.06. The van der Waals surface area contributed by atoms with Crippen LogP contribution < -0.4 is 5.32 Å². The zero-order chi connectivity index (χ0) is 13.0. The molecule has 1 atom stereocenters. The molecule has 0 saturated heterocycles. The topological polar surface area (TPSA) is 98.2 Å².